The minimum atomic E-state index is -0.557. The smallest absolute Gasteiger partial charge is 0.294 e. The first kappa shape index (κ1) is 15.4. The van der Waals surface area contributed by atoms with Crippen LogP contribution >= 0.6 is 0 Å². The zero-order valence-electron chi connectivity index (χ0n) is 13.9. The summed E-state index contributed by atoms with van der Waals surface area (Å²) in [4.78, 5) is 27.2. The highest BCUT2D eigenvalue weighted by molar-refractivity contribution is 6.11. The van der Waals surface area contributed by atoms with Gasteiger partial charge in [0.25, 0.3) is 5.91 Å². The molecule has 0 aliphatic carbocycles. The van der Waals surface area contributed by atoms with Crippen LogP contribution in [0.25, 0.3) is 11.0 Å². The van der Waals surface area contributed by atoms with Crippen LogP contribution in [-0.2, 0) is 11.2 Å². The van der Waals surface area contributed by atoms with Crippen LogP contribution in [0.4, 0.5) is 5.69 Å². The number of furan rings is 1. The Balaban J connectivity index is 1.76. The molecular formula is C20H18N2O3. The van der Waals surface area contributed by atoms with E-state index < -0.39 is 6.04 Å². The van der Waals surface area contributed by atoms with Gasteiger partial charge in [-0.05, 0) is 30.7 Å². The van der Waals surface area contributed by atoms with Crippen molar-refractivity contribution < 1.29 is 14.0 Å². The zero-order valence-corrected chi connectivity index (χ0v) is 13.9. The van der Waals surface area contributed by atoms with Crippen molar-refractivity contribution in [3.8, 4) is 0 Å². The summed E-state index contributed by atoms with van der Waals surface area (Å²) in [6.07, 6.45) is 0.508. The number of nitrogens with zero attached hydrogens (tertiary/aromatic N) is 1. The van der Waals surface area contributed by atoms with Gasteiger partial charge in [0.1, 0.15) is 11.6 Å². The van der Waals surface area contributed by atoms with Gasteiger partial charge in [-0.1, -0.05) is 36.4 Å². The zero-order chi connectivity index (χ0) is 17.4. The van der Waals surface area contributed by atoms with E-state index in [4.69, 9.17) is 4.42 Å². The minimum Gasteiger partial charge on any atom is -0.451 e. The Morgan fingerprint density at radius 1 is 1.16 bits per heavy atom. The summed E-state index contributed by atoms with van der Waals surface area (Å²) in [6.45, 7) is 2.39. The van der Waals surface area contributed by atoms with Crippen LogP contribution in [0.2, 0.25) is 0 Å². The lowest BCUT2D eigenvalue weighted by Crippen LogP contribution is -2.48. The van der Waals surface area contributed by atoms with E-state index in [9.17, 15) is 9.59 Å². The second kappa shape index (κ2) is 6.09. The molecule has 5 nitrogen and oxygen atoms in total. The van der Waals surface area contributed by atoms with Crippen LogP contribution in [0.15, 0.2) is 59.0 Å². The van der Waals surface area contributed by atoms with Crippen molar-refractivity contribution in [2.24, 2.45) is 0 Å². The average molecular weight is 334 g/mol. The number of hydrogen-bond acceptors (Lipinski definition) is 3. The van der Waals surface area contributed by atoms with E-state index in [-0.39, 0.29) is 17.6 Å². The number of carbonyl (C=O) groups is 2. The lowest BCUT2D eigenvalue weighted by Gasteiger charge is -2.23. The summed E-state index contributed by atoms with van der Waals surface area (Å²) < 4.78 is 5.72. The average Bonchev–Trinajstić information content (AvgIpc) is 3.23. The Morgan fingerprint density at radius 3 is 2.72 bits per heavy atom. The summed E-state index contributed by atoms with van der Waals surface area (Å²) in [6, 6.07) is 16.3. The van der Waals surface area contributed by atoms with Crippen molar-refractivity contribution in [1.29, 1.82) is 0 Å². The molecule has 0 spiro atoms. The van der Waals surface area contributed by atoms with Gasteiger partial charge in [0, 0.05) is 24.0 Å². The molecule has 1 N–H and O–H groups in total. The molecule has 0 radical (unpaired) electrons. The second-order valence-electron chi connectivity index (χ2n) is 6.07. The Bertz CT molecular complexity index is 927. The highest BCUT2D eigenvalue weighted by atomic mass is 16.3. The standard InChI is InChI=1S/C20H18N2O3/c1-2-21-19(23)16-11-13-7-3-5-9-15(13)22(16)20(24)18-12-14-8-4-6-10-17(14)25-18/h3-10,12,16H,2,11H2,1H3,(H,21,23)/t16-/m1/s1. The van der Waals surface area contributed by atoms with Crippen molar-refractivity contribution in [1.82, 2.24) is 5.32 Å². The fraction of sp³-hybridized carbons (Fsp3) is 0.200. The number of amides is 2. The van der Waals surface area contributed by atoms with Gasteiger partial charge >= 0.3 is 0 Å². The molecule has 2 heterocycles. The summed E-state index contributed by atoms with van der Waals surface area (Å²) in [5, 5.41) is 3.69. The lowest BCUT2D eigenvalue weighted by molar-refractivity contribution is -0.122. The quantitative estimate of drug-likeness (QED) is 0.800. The molecule has 0 bridgehead atoms. The number of fused-ring (bicyclic) bond motifs is 2. The molecular weight excluding hydrogens is 316 g/mol. The molecule has 126 valence electrons. The SMILES string of the molecule is CCNC(=O)[C@H]1Cc2ccccc2N1C(=O)c1cc2ccccc2o1. The third-order valence-corrected chi connectivity index (χ3v) is 4.48. The van der Waals surface area contributed by atoms with E-state index in [0.717, 1.165) is 16.6 Å². The number of anilines is 1. The highest BCUT2D eigenvalue weighted by Crippen LogP contribution is 2.34. The van der Waals surface area contributed by atoms with Gasteiger partial charge in [-0.2, -0.15) is 0 Å². The maximum absolute atomic E-state index is 13.2. The topological polar surface area (TPSA) is 62.6 Å². The monoisotopic (exact) mass is 334 g/mol. The van der Waals surface area contributed by atoms with Gasteiger partial charge in [-0.15, -0.1) is 0 Å². The van der Waals surface area contributed by atoms with E-state index in [1.807, 2.05) is 55.5 Å². The molecule has 1 atom stereocenters. The van der Waals surface area contributed by atoms with E-state index in [1.165, 1.54) is 0 Å². The first-order valence-electron chi connectivity index (χ1n) is 8.37. The fourth-order valence-corrected chi connectivity index (χ4v) is 3.34. The molecule has 2 amide bonds. The van der Waals surface area contributed by atoms with Gasteiger partial charge in [-0.25, -0.2) is 0 Å². The maximum Gasteiger partial charge on any atom is 0.294 e. The third-order valence-electron chi connectivity index (χ3n) is 4.48. The van der Waals surface area contributed by atoms with E-state index in [2.05, 4.69) is 5.32 Å². The number of rotatable bonds is 3. The molecule has 1 aliphatic rings. The van der Waals surface area contributed by atoms with Crippen molar-refractivity contribution in [2.75, 3.05) is 11.4 Å². The van der Waals surface area contributed by atoms with Gasteiger partial charge in [0.15, 0.2) is 5.76 Å². The number of likely N-dealkylation sites (N-methyl/N-ethyl adjacent to an activating group) is 1. The van der Waals surface area contributed by atoms with Crippen molar-refractivity contribution in [2.45, 2.75) is 19.4 Å². The number of benzene rings is 2. The Morgan fingerprint density at radius 2 is 1.92 bits per heavy atom. The first-order chi connectivity index (χ1) is 12.2. The van der Waals surface area contributed by atoms with E-state index >= 15 is 0 Å². The normalized spacial score (nSPS) is 16.0. The predicted octanol–water partition coefficient (Wildman–Crippen LogP) is 3.14. The molecule has 2 aromatic carbocycles. The minimum absolute atomic E-state index is 0.150. The van der Waals surface area contributed by atoms with Crippen LogP contribution in [0.5, 0.6) is 0 Å². The highest BCUT2D eigenvalue weighted by Gasteiger charge is 2.39. The molecule has 0 saturated heterocycles. The number of carbonyl (C=O) groups excluding carboxylic acids is 2. The molecule has 1 aromatic heterocycles. The van der Waals surface area contributed by atoms with Crippen LogP contribution in [0.1, 0.15) is 23.0 Å². The van der Waals surface area contributed by atoms with Crippen LogP contribution in [0.3, 0.4) is 0 Å². The fourth-order valence-electron chi connectivity index (χ4n) is 3.34. The first-order valence-corrected chi connectivity index (χ1v) is 8.37. The summed E-state index contributed by atoms with van der Waals surface area (Å²) in [7, 11) is 0. The predicted molar refractivity (Wildman–Crippen MR) is 95.6 cm³/mol. The molecule has 1 aliphatic heterocycles. The van der Waals surface area contributed by atoms with Crippen LogP contribution < -0.4 is 10.2 Å². The Labute approximate surface area is 145 Å². The number of nitrogens with one attached hydrogen (secondary N) is 1. The van der Waals surface area contributed by atoms with Crippen molar-refractivity contribution in [3.63, 3.8) is 0 Å². The lowest BCUT2D eigenvalue weighted by atomic mass is 10.1. The maximum atomic E-state index is 13.2. The second-order valence-corrected chi connectivity index (χ2v) is 6.07. The molecule has 3 aromatic rings. The third kappa shape index (κ3) is 2.58. The molecule has 0 unspecified atom stereocenters. The number of hydrogen-bond donors (Lipinski definition) is 1. The Hall–Kier alpha value is -3.08. The molecule has 25 heavy (non-hydrogen) atoms. The largest absolute Gasteiger partial charge is 0.451 e. The summed E-state index contributed by atoms with van der Waals surface area (Å²) in [5.74, 6) is -0.201. The van der Waals surface area contributed by atoms with Crippen LogP contribution in [0, 0.1) is 0 Å². The van der Waals surface area contributed by atoms with Crippen molar-refractivity contribution >= 4 is 28.5 Å². The van der Waals surface area contributed by atoms with Gasteiger partial charge in [0.05, 0.1) is 0 Å². The Kier molecular flexibility index (Phi) is 3.76. The van der Waals surface area contributed by atoms with Gasteiger partial charge < -0.3 is 9.73 Å². The summed E-state index contributed by atoms with van der Waals surface area (Å²) in [5.41, 5.74) is 2.42. The van der Waals surface area contributed by atoms with Crippen molar-refractivity contribution in [3.05, 3.63) is 65.9 Å². The van der Waals surface area contributed by atoms with Gasteiger partial charge in [0.2, 0.25) is 5.91 Å². The van der Waals surface area contributed by atoms with Crippen LogP contribution in [-0.4, -0.2) is 24.4 Å². The molecule has 0 fully saturated rings. The molecule has 0 saturated carbocycles. The van der Waals surface area contributed by atoms with E-state index in [0.29, 0.717) is 18.5 Å². The van der Waals surface area contributed by atoms with Gasteiger partial charge in [-0.3, -0.25) is 14.5 Å². The summed E-state index contributed by atoms with van der Waals surface area (Å²) >= 11 is 0. The molecule has 5 heteroatoms. The molecule has 4 rings (SSSR count). The number of para-hydroxylation sites is 2. The van der Waals surface area contributed by atoms with E-state index in [1.54, 1.807) is 11.0 Å².